The second-order valence-electron chi connectivity index (χ2n) is 6.65. The number of fused-ring (bicyclic) bond motifs is 2. The summed E-state index contributed by atoms with van der Waals surface area (Å²) in [6.07, 6.45) is 5.11. The molecule has 3 atom stereocenters. The Hall–Kier alpha value is -1.34. The van der Waals surface area contributed by atoms with E-state index in [-0.39, 0.29) is 6.10 Å². The molecule has 0 radical (unpaired) electrons. The minimum atomic E-state index is -0.269. The molecular weight excluding hydrogens is 244 g/mol. The van der Waals surface area contributed by atoms with E-state index in [0.717, 1.165) is 11.8 Å². The van der Waals surface area contributed by atoms with Gasteiger partial charge in [0, 0.05) is 0 Å². The molecule has 20 heavy (non-hydrogen) atoms. The van der Waals surface area contributed by atoms with Crippen LogP contribution in [-0.2, 0) is 0 Å². The first-order chi connectivity index (χ1) is 9.77. The second kappa shape index (κ2) is 4.60. The fourth-order valence-electron chi connectivity index (χ4n) is 4.51. The Bertz CT molecular complexity index is 633. The summed E-state index contributed by atoms with van der Waals surface area (Å²) in [4.78, 5) is 0. The molecule has 2 saturated carbocycles. The molecule has 1 N–H and O–H groups in total. The molecule has 1 nitrogen and oxygen atoms in total. The summed E-state index contributed by atoms with van der Waals surface area (Å²) in [7, 11) is 0. The first-order valence-corrected chi connectivity index (χ1v) is 7.93. The zero-order chi connectivity index (χ0) is 13.7. The van der Waals surface area contributed by atoms with Crippen LogP contribution in [0.4, 0.5) is 0 Å². The smallest absolute Gasteiger partial charge is 0.0832 e. The maximum atomic E-state index is 11.0. The lowest BCUT2D eigenvalue weighted by atomic mass is 9.92. The Morgan fingerprint density at radius 1 is 1.00 bits per heavy atom. The molecular formula is C19H22O. The van der Waals surface area contributed by atoms with Gasteiger partial charge in [-0.2, -0.15) is 0 Å². The first kappa shape index (κ1) is 12.4. The van der Waals surface area contributed by atoms with Crippen molar-refractivity contribution in [3.8, 4) is 0 Å². The number of hydrogen-bond donors (Lipinski definition) is 1. The lowest BCUT2D eigenvalue weighted by Gasteiger charge is -2.17. The third-order valence-electron chi connectivity index (χ3n) is 5.57. The van der Waals surface area contributed by atoms with Gasteiger partial charge in [-0.25, -0.2) is 0 Å². The van der Waals surface area contributed by atoms with Crippen LogP contribution in [0.2, 0.25) is 0 Å². The van der Waals surface area contributed by atoms with E-state index in [4.69, 9.17) is 0 Å². The molecule has 4 rings (SSSR count). The summed E-state index contributed by atoms with van der Waals surface area (Å²) in [6.45, 7) is 2.14. The van der Waals surface area contributed by atoms with Crippen LogP contribution in [0.5, 0.6) is 0 Å². The number of aryl methyl sites for hydroxylation is 1. The van der Waals surface area contributed by atoms with Crippen LogP contribution in [0.25, 0.3) is 10.8 Å². The Labute approximate surface area is 120 Å². The van der Waals surface area contributed by atoms with Crippen molar-refractivity contribution in [3.63, 3.8) is 0 Å². The minimum Gasteiger partial charge on any atom is -0.388 e. The normalized spacial score (nSPS) is 30.0. The van der Waals surface area contributed by atoms with Crippen LogP contribution < -0.4 is 0 Å². The van der Waals surface area contributed by atoms with Crippen LogP contribution in [0.3, 0.4) is 0 Å². The molecule has 2 aliphatic rings. The van der Waals surface area contributed by atoms with Crippen molar-refractivity contribution in [2.75, 3.05) is 0 Å². The van der Waals surface area contributed by atoms with Crippen LogP contribution in [0.15, 0.2) is 36.4 Å². The van der Waals surface area contributed by atoms with E-state index in [1.165, 1.54) is 47.6 Å². The van der Waals surface area contributed by atoms with Gasteiger partial charge in [0.15, 0.2) is 0 Å². The average Bonchev–Trinajstić information content (AvgIpc) is 3.21. The van der Waals surface area contributed by atoms with Crippen molar-refractivity contribution >= 4 is 10.8 Å². The lowest BCUT2D eigenvalue weighted by molar-refractivity contribution is 0.143. The number of rotatable bonds is 2. The van der Waals surface area contributed by atoms with E-state index in [2.05, 4.69) is 43.3 Å². The van der Waals surface area contributed by atoms with E-state index in [9.17, 15) is 5.11 Å². The van der Waals surface area contributed by atoms with Gasteiger partial charge in [-0.05, 0) is 59.4 Å². The Balaban J connectivity index is 1.76. The summed E-state index contributed by atoms with van der Waals surface area (Å²) in [5.74, 6) is 2.09. The van der Waals surface area contributed by atoms with E-state index in [1.807, 2.05) is 0 Å². The molecule has 104 valence electrons. The molecule has 0 amide bonds. The lowest BCUT2D eigenvalue weighted by Crippen LogP contribution is -2.05. The predicted octanol–water partition coefficient (Wildman–Crippen LogP) is 4.62. The number of hydrogen-bond acceptors (Lipinski definition) is 1. The van der Waals surface area contributed by atoms with Crippen LogP contribution in [0, 0.1) is 24.7 Å². The highest BCUT2D eigenvalue weighted by atomic mass is 16.3. The molecule has 0 bridgehead atoms. The Kier molecular flexibility index (Phi) is 2.85. The van der Waals surface area contributed by atoms with E-state index < -0.39 is 0 Å². The predicted molar refractivity (Wildman–Crippen MR) is 82.6 cm³/mol. The van der Waals surface area contributed by atoms with Crippen molar-refractivity contribution in [2.24, 2.45) is 17.8 Å². The first-order valence-electron chi connectivity index (χ1n) is 7.93. The van der Waals surface area contributed by atoms with Crippen LogP contribution in [0.1, 0.15) is 42.9 Å². The summed E-state index contributed by atoms with van der Waals surface area (Å²) in [5.41, 5.74) is 2.42. The zero-order valence-electron chi connectivity index (χ0n) is 12.0. The van der Waals surface area contributed by atoms with Gasteiger partial charge in [-0.15, -0.1) is 0 Å². The van der Waals surface area contributed by atoms with Crippen LogP contribution in [-0.4, -0.2) is 5.11 Å². The standard InChI is InChI=1S/C19H22O/c1-12-10-11-13-6-2-3-7-14(13)17(12)19(20)18-15-8-4-5-9-16(15)18/h2-3,6-7,10-11,15-16,18-20H,4-5,8-9H2,1H3. The van der Waals surface area contributed by atoms with Gasteiger partial charge in [0.25, 0.3) is 0 Å². The highest BCUT2D eigenvalue weighted by Gasteiger charge is 2.54. The molecule has 0 aromatic heterocycles. The topological polar surface area (TPSA) is 20.2 Å². The van der Waals surface area contributed by atoms with E-state index in [1.54, 1.807) is 0 Å². The molecule has 0 spiro atoms. The van der Waals surface area contributed by atoms with Crippen LogP contribution >= 0.6 is 0 Å². The maximum Gasteiger partial charge on any atom is 0.0832 e. The molecule has 3 unspecified atom stereocenters. The molecule has 0 aliphatic heterocycles. The quantitative estimate of drug-likeness (QED) is 0.841. The number of aliphatic hydroxyl groups excluding tert-OH is 1. The van der Waals surface area contributed by atoms with Gasteiger partial charge in [0.05, 0.1) is 6.10 Å². The largest absolute Gasteiger partial charge is 0.388 e. The molecule has 2 aromatic carbocycles. The second-order valence-corrected chi connectivity index (χ2v) is 6.65. The zero-order valence-corrected chi connectivity index (χ0v) is 12.0. The molecule has 2 aliphatic carbocycles. The maximum absolute atomic E-state index is 11.0. The van der Waals surface area contributed by atoms with E-state index >= 15 is 0 Å². The van der Waals surface area contributed by atoms with Crippen molar-refractivity contribution in [1.29, 1.82) is 0 Å². The summed E-state index contributed by atoms with van der Waals surface area (Å²) >= 11 is 0. The molecule has 2 fully saturated rings. The van der Waals surface area contributed by atoms with Crippen molar-refractivity contribution in [1.82, 2.24) is 0 Å². The van der Waals surface area contributed by atoms with Gasteiger partial charge in [0.2, 0.25) is 0 Å². The third-order valence-corrected chi connectivity index (χ3v) is 5.57. The molecule has 1 heteroatoms. The van der Waals surface area contributed by atoms with Crippen molar-refractivity contribution < 1.29 is 5.11 Å². The number of benzene rings is 2. The molecule has 0 heterocycles. The van der Waals surface area contributed by atoms with Gasteiger partial charge in [0.1, 0.15) is 0 Å². The van der Waals surface area contributed by atoms with Gasteiger partial charge in [-0.1, -0.05) is 49.2 Å². The van der Waals surface area contributed by atoms with Gasteiger partial charge < -0.3 is 5.11 Å². The third kappa shape index (κ3) is 1.80. The Morgan fingerprint density at radius 2 is 1.70 bits per heavy atom. The Morgan fingerprint density at radius 3 is 2.45 bits per heavy atom. The summed E-state index contributed by atoms with van der Waals surface area (Å²) in [6, 6.07) is 12.8. The SMILES string of the molecule is Cc1ccc2ccccc2c1C(O)C1C2CCCCC21. The molecule has 0 saturated heterocycles. The fraction of sp³-hybridized carbons (Fsp3) is 0.474. The van der Waals surface area contributed by atoms with Gasteiger partial charge >= 0.3 is 0 Å². The van der Waals surface area contributed by atoms with Gasteiger partial charge in [-0.3, -0.25) is 0 Å². The van der Waals surface area contributed by atoms with E-state index in [0.29, 0.717) is 5.92 Å². The van der Waals surface area contributed by atoms with Crippen molar-refractivity contribution in [2.45, 2.75) is 38.7 Å². The number of aliphatic hydroxyl groups is 1. The summed E-state index contributed by atoms with van der Waals surface area (Å²) in [5, 5.41) is 13.5. The monoisotopic (exact) mass is 266 g/mol. The fourth-order valence-corrected chi connectivity index (χ4v) is 4.51. The molecule has 2 aromatic rings. The highest BCUT2D eigenvalue weighted by Crippen LogP contribution is 2.61. The highest BCUT2D eigenvalue weighted by molar-refractivity contribution is 5.87. The summed E-state index contributed by atoms with van der Waals surface area (Å²) < 4.78 is 0. The van der Waals surface area contributed by atoms with Crippen molar-refractivity contribution in [3.05, 3.63) is 47.5 Å². The minimum absolute atomic E-state index is 0.269. The average molecular weight is 266 g/mol.